The molecule has 0 aliphatic carbocycles. The Labute approximate surface area is 178 Å². The van der Waals surface area contributed by atoms with Crippen LogP contribution in [0.1, 0.15) is 37.8 Å². The Bertz CT molecular complexity index is 906. The van der Waals surface area contributed by atoms with Gasteiger partial charge in [0.2, 0.25) is 5.90 Å². The molecule has 0 fully saturated rings. The van der Waals surface area contributed by atoms with Gasteiger partial charge in [-0.15, -0.1) is 0 Å². The van der Waals surface area contributed by atoms with Crippen molar-refractivity contribution in [1.29, 1.82) is 0 Å². The van der Waals surface area contributed by atoms with Crippen LogP contribution in [0.2, 0.25) is 0 Å². The van der Waals surface area contributed by atoms with Gasteiger partial charge >= 0.3 is 5.97 Å². The SMILES string of the molecule is CCCCOc1c(I)cc(/C=C2\N=C(c3ccccc3)OC2=O)cc1OCC. The van der Waals surface area contributed by atoms with Crippen LogP contribution in [-0.4, -0.2) is 25.1 Å². The number of carbonyl (C=O) groups excluding carboxylic acids is 1. The maximum absolute atomic E-state index is 12.2. The minimum Gasteiger partial charge on any atom is -0.490 e. The summed E-state index contributed by atoms with van der Waals surface area (Å²) in [5, 5.41) is 0. The molecule has 0 saturated carbocycles. The third-order valence-electron chi connectivity index (χ3n) is 4.02. The zero-order valence-corrected chi connectivity index (χ0v) is 18.1. The van der Waals surface area contributed by atoms with Crippen molar-refractivity contribution < 1.29 is 19.0 Å². The number of cyclic esters (lactones) is 1. The highest BCUT2D eigenvalue weighted by Crippen LogP contribution is 2.35. The quantitative estimate of drug-likeness (QED) is 0.220. The molecule has 2 aromatic carbocycles. The van der Waals surface area contributed by atoms with E-state index in [1.807, 2.05) is 49.4 Å². The average Bonchev–Trinajstić information content (AvgIpc) is 3.05. The average molecular weight is 491 g/mol. The molecule has 0 aromatic heterocycles. The summed E-state index contributed by atoms with van der Waals surface area (Å²) in [6.45, 7) is 5.22. The smallest absolute Gasteiger partial charge is 0.363 e. The second kappa shape index (κ2) is 9.73. The first kappa shape index (κ1) is 20.4. The zero-order chi connectivity index (χ0) is 19.9. The van der Waals surface area contributed by atoms with E-state index in [9.17, 15) is 4.79 Å². The molecule has 0 unspecified atom stereocenters. The monoisotopic (exact) mass is 491 g/mol. The fraction of sp³-hybridized carbons (Fsp3) is 0.273. The van der Waals surface area contributed by atoms with Gasteiger partial charge in [0.15, 0.2) is 17.2 Å². The van der Waals surface area contributed by atoms with Gasteiger partial charge in [0.25, 0.3) is 0 Å². The molecule has 1 aliphatic heterocycles. The number of hydrogen-bond donors (Lipinski definition) is 0. The summed E-state index contributed by atoms with van der Waals surface area (Å²) < 4.78 is 17.9. The predicted octanol–water partition coefficient (Wildman–Crippen LogP) is 5.21. The molecule has 28 heavy (non-hydrogen) atoms. The first-order chi connectivity index (χ1) is 13.6. The van der Waals surface area contributed by atoms with Crippen LogP contribution in [0, 0.1) is 3.57 Å². The van der Waals surface area contributed by atoms with E-state index >= 15 is 0 Å². The van der Waals surface area contributed by atoms with Crippen molar-refractivity contribution in [3.63, 3.8) is 0 Å². The lowest BCUT2D eigenvalue weighted by molar-refractivity contribution is -0.129. The highest BCUT2D eigenvalue weighted by molar-refractivity contribution is 14.1. The molecule has 0 bridgehead atoms. The minimum absolute atomic E-state index is 0.261. The van der Waals surface area contributed by atoms with Gasteiger partial charge < -0.3 is 14.2 Å². The summed E-state index contributed by atoms with van der Waals surface area (Å²) in [6.07, 6.45) is 3.75. The lowest BCUT2D eigenvalue weighted by Crippen LogP contribution is -2.05. The summed E-state index contributed by atoms with van der Waals surface area (Å²) >= 11 is 2.22. The van der Waals surface area contributed by atoms with E-state index < -0.39 is 5.97 Å². The van der Waals surface area contributed by atoms with Crippen molar-refractivity contribution in [2.45, 2.75) is 26.7 Å². The van der Waals surface area contributed by atoms with Crippen molar-refractivity contribution >= 4 is 40.5 Å². The van der Waals surface area contributed by atoms with Gasteiger partial charge in [0.05, 0.1) is 16.8 Å². The molecule has 1 aliphatic rings. The van der Waals surface area contributed by atoms with Crippen LogP contribution in [0.25, 0.3) is 6.08 Å². The molecular weight excluding hydrogens is 469 g/mol. The van der Waals surface area contributed by atoms with Gasteiger partial charge in [-0.05, 0) is 71.8 Å². The largest absolute Gasteiger partial charge is 0.490 e. The van der Waals surface area contributed by atoms with Crippen molar-refractivity contribution in [2.24, 2.45) is 4.99 Å². The van der Waals surface area contributed by atoms with E-state index in [-0.39, 0.29) is 5.70 Å². The fourth-order valence-electron chi connectivity index (χ4n) is 2.66. The highest BCUT2D eigenvalue weighted by atomic mass is 127. The van der Waals surface area contributed by atoms with E-state index in [1.165, 1.54) is 0 Å². The molecule has 3 rings (SSSR count). The number of halogens is 1. The van der Waals surface area contributed by atoms with Crippen molar-refractivity contribution in [3.05, 3.63) is 62.9 Å². The Morgan fingerprint density at radius 1 is 1.14 bits per heavy atom. The topological polar surface area (TPSA) is 57.1 Å². The van der Waals surface area contributed by atoms with Gasteiger partial charge in [-0.25, -0.2) is 9.79 Å². The molecule has 0 amide bonds. The zero-order valence-electron chi connectivity index (χ0n) is 15.9. The van der Waals surface area contributed by atoms with Crippen LogP contribution in [-0.2, 0) is 9.53 Å². The molecular formula is C22H22INO4. The lowest BCUT2D eigenvalue weighted by atomic mass is 10.1. The van der Waals surface area contributed by atoms with Gasteiger partial charge in [0.1, 0.15) is 0 Å². The Morgan fingerprint density at radius 3 is 2.64 bits per heavy atom. The van der Waals surface area contributed by atoms with E-state index in [0.29, 0.717) is 24.9 Å². The molecule has 146 valence electrons. The van der Waals surface area contributed by atoms with Gasteiger partial charge in [-0.2, -0.15) is 0 Å². The molecule has 0 N–H and O–H groups in total. The normalized spacial score (nSPS) is 14.8. The first-order valence-corrected chi connectivity index (χ1v) is 10.4. The van der Waals surface area contributed by atoms with Gasteiger partial charge in [0, 0.05) is 5.56 Å². The van der Waals surface area contributed by atoms with Crippen LogP contribution >= 0.6 is 22.6 Å². The van der Waals surface area contributed by atoms with Crippen LogP contribution in [0.15, 0.2) is 53.2 Å². The van der Waals surface area contributed by atoms with Gasteiger partial charge in [-0.1, -0.05) is 31.5 Å². The van der Waals surface area contributed by atoms with E-state index in [4.69, 9.17) is 14.2 Å². The third kappa shape index (κ3) is 4.92. The Hall–Kier alpha value is -2.35. The van der Waals surface area contributed by atoms with Crippen molar-refractivity contribution in [2.75, 3.05) is 13.2 Å². The molecule has 1 heterocycles. The van der Waals surface area contributed by atoms with Crippen molar-refractivity contribution in [1.82, 2.24) is 0 Å². The number of unbranched alkanes of at least 4 members (excludes halogenated alkanes) is 1. The summed E-state index contributed by atoms with van der Waals surface area (Å²) in [4.78, 5) is 16.6. The van der Waals surface area contributed by atoms with E-state index in [1.54, 1.807) is 6.08 Å². The van der Waals surface area contributed by atoms with Crippen LogP contribution < -0.4 is 9.47 Å². The Balaban J connectivity index is 1.90. The molecule has 0 spiro atoms. The number of rotatable bonds is 8. The number of benzene rings is 2. The van der Waals surface area contributed by atoms with E-state index in [0.717, 1.165) is 33.3 Å². The number of aliphatic imine (C=N–C) groups is 1. The molecule has 5 nitrogen and oxygen atoms in total. The Morgan fingerprint density at radius 2 is 1.93 bits per heavy atom. The second-order valence-electron chi connectivity index (χ2n) is 6.17. The standard InChI is InChI=1S/C22H22INO4/c1-3-5-11-27-20-17(23)12-15(14-19(20)26-4-2)13-18-22(25)28-21(24-18)16-9-7-6-8-10-16/h6-10,12-14H,3-5,11H2,1-2H3/b18-13-. The third-order valence-corrected chi connectivity index (χ3v) is 4.82. The number of hydrogen-bond acceptors (Lipinski definition) is 5. The van der Waals surface area contributed by atoms with Crippen LogP contribution in [0.3, 0.4) is 0 Å². The summed E-state index contributed by atoms with van der Waals surface area (Å²) in [5.41, 5.74) is 1.83. The summed E-state index contributed by atoms with van der Waals surface area (Å²) in [7, 11) is 0. The number of nitrogens with zero attached hydrogens (tertiary/aromatic N) is 1. The number of carbonyl (C=O) groups is 1. The summed E-state index contributed by atoms with van der Waals surface area (Å²) in [6, 6.07) is 13.2. The molecule has 0 saturated heterocycles. The molecule has 2 aromatic rings. The first-order valence-electron chi connectivity index (χ1n) is 9.29. The maximum Gasteiger partial charge on any atom is 0.363 e. The summed E-state index contributed by atoms with van der Waals surface area (Å²) in [5.74, 6) is 1.25. The second-order valence-corrected chi connectivity index (χ2v) is 7.33. The van der Waals surface area contributed by atoms with Gasteiger partial charge in [-0.3, -0.25) is 0 Å². The predicted molar refractivity (Wildman–Crippen MR) is 118 cm³/mol. The molecule has 0 atom stereocenters. The number of ether oxygens (including phenoxy) is 3. The Kier molecular flexibility index (Phi) is 7.08. The van der Waals surface area contributed by atoms with Crippen LogP contribution in [0.4, 0.5) is 0 Å². The van der Waals surface area contributed by atoms with E-state index in [2.05, 4.69) is 34.5 Å². The lowest BCUT2D eigenvalue weighted by Gasteiger charge is -2.14. The number of esters is 1. The minimum atomic E-state index is -0.463. The fourth-order valence-corrected chi connectivity index (χ4v) is 3.45. The van der Waals surface area contributed by atoms with Crippen molar-refractivity contribution in [3.8, 4) is 11.5 Å². The molecule has 6 heteroatoms. The maximum atomic E-state index is 12.2. The van der Waals surface area contributed by atoms with Crippen LogP contribution in [0.5, 0.6) is 11.5 Å². The highest BCUT2D eigenvalue weighted by Gasteiger charge is 2.24. The molecule has 0 radical (unpaired) electrons.